The molecule has 0 saturated heterocycles. The quantitative estimate of drug-likeness (QED) is 0.0310. The fourth-order valence-electron chi connectivity index (χ4n) is 5.83. The normalized spacial score (nSPS) is 13.8. The number of hydrogen-bond acceptors (Lipinski definition) is 9. The fraction of sp³-hybridized carbons (Fsp3) is 0.923. The number of carbonyl (C=O) groups excluding carboxylic acids is 2. The van der Waals surface area contributed by atoms with E-state index >= 15 is 0 Å². The van der Waals surface area contributed by atoms with Crippen molar-refractivity contribution in [2.75, 3.05) is 19.8 Å². The molecule has 0 aliphatic heterocycles. The fourth-order valence-corrected chi connectivity index (χ4v) is 6.61. The molecule has 0 aliphatic rings. The van der Waals surface area contributed by atoms with Gasteiger partial charge in [0, 0.05) is 12.8 Å². The van der Waals surface area contributed by atoms with Crippen LogP contribution < -0.4 is 5.73 Å². The number of aliphatic carboxylic acids is 1. The van der Waals surface area contributed by atoms with Gasteiger partial charge in [0.1, 0.15) is 12.6 Å². The Morgan fingerprint density at radius 3 is 1.27 bits per heavy atom. The molecule has 0 aliphatic carbocycles. The molecule has 0 rings (SSSR count). The molecule has 0 heterocycles. The maximum atomic E-state index is 12.5. The lowest BCUT2D eigenvalue weighted by Crippen LogP contribution is -2.34. The van der Waals surface area contributed by atoms with Gasteiger partial charge in [0.2, 0.25) is 0 Å². The van der Waals surface area contributed by atoms with E-state index < -0.39 is 51.1 Å². The molecule has 3 unspecified atom stereocenters. The van der Waals surface area contributed by atoms with E-state index in [-0.39, 0.29) is 19.4 Å². The minimum Gasteiger partial charge on any atom is -0.480 e. The summed E-state index contributed by atoms with van der Waals surface area (Å²) in [6.07, 6.45) is 32.9. The van der Waals surface area contributed by atoms with Gasteiger partial charge in [0.05, 0.1) is 13.2 Å². The Hall–Kier alpha value is -1.52. The monoisotopic (exact) mass is 750 g/mol. The van der Waals surface area contributed by atoms with Gasteiger partial charge >= 0.3 is 25.7 Å². The highest BCUT2D eigenvalue weighted by Gasteiger charge is 2.28. The zero-order valence-corrected chi connectivity index (χ0v) is 33.4. The zero-order valence-electron chi connectivity index (χ0n) is 32.5. The van der Waals surface area contributed by atoms with Crippen molar-refractivity contribution >= 4 is 25.7 Å². The maximum Gasteiger partial charge on any atom is 0.472 e. The Morgan fingerprint density at radius 1 is 0.529 bits per heavy atom. The van der Waals surface area contributed by atoms with Crippen molar-refractivity contribution in [3.05, 3.63) is 0 Å². The number of phosphoric acid groups is 1. The van der Waals surface area contributed by atoms with Gasteiger partial charge < -0.3 is 25.2 Å². The van der Waals surface area contributed by atoms with Crippen LogP contribution in [0.3, 0.4) is 0 Å². The van der Waals surface area contributed by atoms with Crippen LogP contribution in [-0.4, -0.2) is 59.9 Å². The number of ether oxygens (including phenoxy) is 2. The molecule has 11 nitrogen and oxygen atoms in total. The van der Waals surface area contributed by atoms with Gasteiger partial charge in [0.25, 0.3) is 0 Å². The van der Waals surface area contributed by atoms with Crippen molar-refractivity contribution in [1.29, 1.82) is 0 Å². The van der Waals surface area contributed by atoms with Gasteiger partial charge in [-0.1, -0.05) is 174 Å². The molecule has 12 heteroatoms. The van der Waals surface area contributed by atoms with E-state index in [9.17, 15) is 23.8 Å². The molecule has 0 fully saturated rings. The van der Waals surface area contributed by atoms with Crippen molar-refractivity contribution in [2.24, 2.45) is 5.73 Å². The Labute approximate surface area is 310 Å². The lowest BCUT2D eigenvalue weighted by Gasteiger charge is -2.20. The molecule has 0 bridgehead atoms. The number of nitrogens with two attached hydrogens (primary N) is 1. The van der Waals surface area contributed by atoms with E-state index in [4.69, 9.17) is 24.8 Å². The third-order valence-corrected chi connectivity index (χ3v) is 10.1. The average molecular weight is 750 g/mol. The number of carboxylic acids is 1. The lowest BCUT2D eigenvalue weighted by molar-refractivity contribution is -0.161. The van der Waals surface area contributed by atoms with Crippen LogP contribution in [0.15, 0.2) is 0 Å². The molecular formula is C39H76NO10P. The van der Waals surface area contributed by atoms with Crippen molar-refractivity contribution in [2.45, 2.75) is 212 Å². The summed E-state index contributed by atoms with van der Waals surface area (Å²) in [6, 6.07) is -1.51. The number of rotatable bonds is 39. The van der Waals surface area contributed by atoms with Crippen molar-refractivity contribution < 1.29 is 47.5 Å². The molecule has 0 amide bonds. The summed E-state index contributed by atoms with van der Waals surface area (Å²) in [6.45, 7) is 2.62. The van der Waals surface area contributed by atoms with Crippen molar-refractivity contribution in [3.8, 4) is 0 Å². The molecule has 4 N–H and O–H groups in total. The third-order valence-electron chi connectivity index (χ3n) is 9.11. The molecule has 51 heavy (non-hydrogen) atoms. The minimum absolute atomic E-state index is 0.168. The summed E-state index contributed by atoms with van der Waals surface area (Å²) in [5.74, 6) is -2.39. The van der Waals surface area contributed by atoms with Gasteiger partial charge in [-0.25, -0.2) is 4.57 Å². The number of carboxylic acid groups (broad SMARTS) is 1. The first kappa shape index (κ1) is 49.5. The molecule has 302 valence electrons. The molecule has 0 aromatic heterocycles. The summed E-state index contributed by atoms with van der Waals surface area (Å²) in [5.41, 5.74) is 5.29. The van der Waals surface area contributed by atoms with E-state index in [0.717, 1.165) is 32.1 Å². The standard InChI is InChI=1S/C39H76NO10P/c1-3-5-7-8-9-10-11-12-13-14-15-16-17-18-19-20-21-22-23-24-25-26-27-29-31-38(42)50-35(32-47-37(41)30-28-6-4-2)33-48-51(45,46)49-34-36(40)39(43)44/h35-36H,3-34,40H2,1-2H3,(H,43,44)(H,45,46). The number of esters is 2. The second kappa shape index (κ2) is 35.5. The average Bonchev–Trinajstić information content (AvgIpc) is 3.10. The van der Waals surface area contributed by atoms with Crippen LogP contribution in [0.2, 0.25) is 0 Å². The third kappa shape index (κ3) is 35.3. The molecular weight excluding hydrogens is 673 g/mol. The summed E-state index contributed by atoms with van der Waals surface area (Å²) in [5, 5.41) is 8.82. The predicted octanol–water partition coefficient (Wildman–Crippen LogP) is 10.3. The number of phosphoric ester groups is 1. The van der Waals surface area contributed by atoms with Crippen molar-refractivity contribution in [1.82, 2.24) is 0 Å². The van der Waals surface area contributed by atoms with Crippen LogP contribution in [0.4, 0.5) is 0 Å². The van der Waals surface area contributed by atoms with E-state index in [1.807, 2.05) is 6.92 Å². The first-order chi connectivity index (χ1) is 24.6. The summed E-state index contributed by atoms with van der Waals surface area (Å²) in [7, 11) is -4.69. The predicted molar refractivity (Wildman–Crippen MR) is 203 cm³/mol. The largest absolute Gasteiger partial charge is 0.480 e. The van der Waals surface area contributed by atoms with Crippen LogP contribution in [0.25, 0.3) is 0 Å². The van der Waals surface area contributed by atoms with Crippen molar-refractivity contribution in [3.63, 3.8) is 0 Å². The van der Waals surface area contributed by atoms with Gasteiger partial charge in [-0.3, -0.25) is 23.4 Å². The Balaban J connectivity index is 3.94. The van der Waals surface area contributed by atoms with Gasteiger partial charge in [-0.05, 0) is 12.8 Å². The molecule has 0 aromatic carbocycles. The Bertz CT molecular complexity index is 890. The smallest absolute Gasteiger partial charge is 0.472 e. The number of hydrogen-bond donors (Lipinski definition) is 3. The Morgan fingerprint density at radius 2 is 0.863 bits per heavy atom. The topological polar surface area (TPSA) is 172 Å². The first-order valence-electron chi connectivity index (χ1n) is 20.6. The minimum atomic E-state index is -4.69. The van der Waals surface area contributed by atoms with E-state index in [1.54, 1.807) is 0 Å². The van der Waals surface area contributed by atoms with Crippen LogP contribution in [0, 0.1) is 0 Å². The number of carbonyl (C=O) groups is 3. The van der Waals surface area contributed by atoms with Gasteiger partial charge in [-0.15, -0.1) is 0 Å². The highest BCUT2D eigenvalue weighted by Crippen LogP contribution is 2.43. The Kier molecular flexibility index (Phi) is 34.4. The molecule has 0 spiro atoms. The summed E-state index contributed by atoms with van der Waals surface area (Å²) >= 11 is 0. The van der Waals surface area contributed by atoms with Gasteiger partial charge in [0.15, 0.2) is 6.10 Å². The highest BCUT2D eigenvalue weighted by molar-refractivity contribution is 7.47. The second-order valence-electron chi connectivity index (χ2n) is 14.1. The summed E-state index contributed by atoms with van der Waals surface area (Å²) < 4.78 is 32.2. The SMILES string of the molecule is CCCCCCCCCCCCCCCCCCCCCCCCCCC(=O)OC(COC(=O)CCCCC)COP(=O)(O)OCC(N)C(=O)O. The summed E-state index contributed by atoms with van der Waals surface area (Å²) in [4.78, 5) is 45.2. The van der Waals surface area contributed by atoms with E-state index in [1.165, 1.54) is 128 Å². The second-order valence-corrected chi connectivity index (χ2v) is 15.6. The van der Waals surface area contributed by atoms with Gasteiger partial charge in [-0.2, -0.15) is 0 Å². The number of unbranched alkanes of at least 4 members (excludes halogenated alkanes) is 25. The highest BCUT2D eigenvalue weighted by atomic mass is 31.2. The lowest BCUT2D eigenvalue weighted by atomic mass is 10.0. The van der Waals surface area contributed by atoms with E-state index in [2.05, 4.69) is 11.4 Å². The zero-order chi connectivity index (χ0) is 37.8. The van der Waals surface area contributed by atoms with Crippen LogP contribution >= 0.6 is 7.82 Å². The first-order valence-corrected chi connectivity index (χ1v) is 22.1. The molecule has 3 atom stereocenters. The maximum absolute atomic E-state index is 12.5. The van der Waals surface area contributed by atoms with Crippen LogP contribution in [0.1, 0.15) is 200 Å². The van der Waals surface area contributed by atoms with Crippen LogP contribution in [-0.2, 0) is 37.5 Å². The molecule has 0 radical (unpaired) electrons. The molecule has 0 saturated carbocycles. The van der Waals surface area contributed by atoms with Crippen LogP contribution in [0.5, 0.6) is 0 Å². The van der Waals surface area contributed by atoms with E-state index in [0.29, 0.717) is 12.8 Å². The molecule has 0 aromatic rings.